The van der Waals surface area contributed by atoms with E-state index in [1.54, 1.807) is 0 Å². The highest BCUT2D eigenvalue weighted by atomic mass is 16.5. The highest BCUT2D eigenvalue weighted by molar-refractivity contribution is 5.74. The van der Waals surface area contributed by atoms with Gasteiger partial charge < -0.3 is 29.5 Å². The molecule has 0 amide bonds. The van der Waals surface area contributed by atoms with Gasteiger partial charge in [0, 0.05) is 19.8 Å². The van der Waals surface area contributed by atoms with Crippen molar-refractivity contribution in [3.63, 3.8) is 0 Å². The Labute approximate surface area is 205 Å². The van der Waals surface area contributed by atoms with Crippen LogP contribution in [0.3, 0.4) is 0 Å². The molecular formula is C21H33N3O12. The van der Waals surface area contributed by atoms with Crippen LogP contribution >= 0.6 is 0 Å². The van der Waals surface area contributed by atoms with Gasteiger partial charge in [-0.1, -0.05) is 0 Å². The number of hydrogen-bond acceptors (Lipinski definition) is 9. The first-order valence-corrected chi connectivity index (χ1v) is 11.3. The molecule has 1 rings (SSSR count). The van der Waals surface area contributed by atoms with Crippen molar-refractivity contribution in [1.29, 1.82) is 0 Å². The normalized spacial score (nSPS) is 16.5. The highest BCUT2D eigenvalue weighted by Crippen LogP contribution is 2.17. The van der Waals surface area contributed by atoms with E-state index in [1.165, 1.54) is 41.5 Å². The van der Waals surface area contributed by atoms with Gasteiger partial charge in [0.1, 0.15) is 0 Å². The van der Waals surface area contributed by atoms with Crippen LogP contribution in [0.15, 0.2) is 14.4 Å². The fourth-order valence-corrected chi connectivity index (χ4v) is 3.93. The first-order chi connectivity index (χ1) is 16.8. The molecule has 1 aromatic heterocycles. The molecule has 0 aliphatic heterocycles. The van der Waals surface area contributed by atoms with E-state index in [-0.39, 0.29) is 33.5 Å². The maximum absolute atomic E-state index is 13.5. The third-order valence-corrected chi connectivity index (χ3v) is 5.45. The summed E-state index contributed by atoms with van der Waals surface area (Å²) in [6, 6.07) is -6.09. The number of carboxylic acid groups (broad SMARTS) is 3. The second-order valence-electron chi connectivity index (χ2n) is 7.79. The van der Waals surface area contributed by atoms with E-state index < -0.39 is 71.4 Å². The Morgan fingerprint density at radius 3 is 0.917 bits per heavy atom. The largest absolute Gasteiger partial charge is 0.480 e. The molecule has 204 valence electrons. The number of hydrogen-bond donors (Lipinski definition) is 3. The molecule has 36 heavy (non-hydrogen) atoms. The van der Waals surface area contributed by atoms with Crippen LogP contribution in [0.25, 0.3) is 0 Å². The summed E-state index contributed by atoms with van der Waals surface area (Å²) in [4.78, 5) is 76.8. The molecular weight excluding hydrogens is 486 g/mol. The molecule has 0 fully saturated rings. The predicted molar refractivity (Wildman–Crippen MR) is 123 cm³/mol. The average Bonchev–Trinajstić information content (AvgIpc) is 2.76. The SMILES string of the molecule is CCOC(C)C(C(=O)O)n1c(=O)n(C(C(=O)O)C(C)OCC)c(=O)n(C(C(=O)O)C(C)OCC)c1=O. The molecule has 6 atom stereocenters. The number of carboxylic acids is 3. The van der Waals surface area contributed by atoms with Crippen LogP contribution < -0.4 is 17.1 Å². The van der Waals surface area contributed by atoms with Gasteiger partial charge in [-0.2, -0.15) is 0 Å². The summed E-state index contributed by atoms with van der Waals surface area (Å²) in [7, 11) is 0. The van der Waals surface area contributed by atoms with Crippen molar-refractivity contribution in [1.82, 2.24) is 13.7 Å². The lowest BCUT2D eigenvalue weighted by Crippen LogP contribution is -2.62. The topological polar surface area (TPSA) is 206 Å². The summed E-state index contributed by atoms with van der Waals surface area (Å²) in [6.07, 6.45) is -3.92. The first-order valence-electron chi connectivity index (χ1n) is 11.3. The summed E-state index contributed by atoms with van der Waals surface area (Å²) < 4.78 is 16.2. The molecule has 0 aromatic carbocycles. The summed E-state index contributed by atoms with van der Waals surface area (Å²) in [5, 5.41) is 29.5. The van der Waals surface area contributed by atoms with Gasteiger partial charge in [-0.15, -0.1) is 0 Å². The molecule has 0 radical (unpaired) electrons. The Balaban J connectivity index is 4.35. The van der Waals surface area contributed by atoms with Crippen molar-refractivity contribution in [3.05, 3.63) is 31.5 Å². The Morgan fingerprint density at radius 2 is 0.778 bits per heavy atom. The highest BCUT2D eigenvalue weighted by Gasteiger charge is 2.40. The summed E-state index contributed by atoms with van der Waals surface area (Å²) in [5.41, 5.74) is -4.73. The predicted octanol–water partition coefficient (Wildman–Crippen LogP) is -0.676. The molecule has 0 aliphatic rings. The number of rotatable bonds is 15. The minimum Gasteiger partial charge on any atom is -0.480 e. The van der Waals surface area contributed by atoms with Gasteiger partial charge in [0.15, 0.2) is 18.1 Å². The smallest absolute Gasteiger partial charge is 0.338 e. The molecule has 1 aromatic rings. The van der Waals surface area contributed by atoms with E-state index in [9.17, 15) is 44.1 Å². The third kappa shape index (κ3) is 6.27. The quantitative estimate of drug-likeness (QED) is 0.264. The van der Waals surface area contributed by atoms with E-state index in [2.05, 4.69) is 0 Å². The van der Waals surface area contributed by atoms with Gasteiger partial charge in [0.05, 0.1) is 18.3 Å². The zero-order valence-electron chi connectivity index (χ0n) is 20.9. The van der Waals surface area contributed by atoms with Crippen LogP contribution in [0.2, 0.25) is 0 Å². The number of aliphatic carboxylic acids is 3. The minimum atomic E-state index is -2.03. The van der Waals surface area contributed by atoms with Crippen LogP contribution in [0.1, 0.15) is 59.7 Å². The fourth-order valence-electron chi connectivity index (χ4n) is 3.93. The number of carbonyl (C=O) groups is 3. The lowest BCUT2D eigenvalue weighted by Gasteiger charge is -2.28. The maximum Gasteiger partial charge on any atom is 0.338 e. The van der Waals surface area contributed by atoms with E-state index in [1.807, 2.05) is 0 Å². The van der Waals surface area contributed by atoms with Crippen LogP contribution in [-0.2, 0) is 28.6 Å². The zero-order chi connectivity index (χ0) is 27.9. The van der Waals surface area contributed by atoms with Crippen LogP contribution in [0, 0.1) is 0 Å². The Kier molecular flexibility index (Phi) is 11.2. The van der Waals surface area contributed by atoms with Gasteiger partial charge in [-0.25, -0.2) is 42.5 Å². The van der Waals surface area contributed by atoms with Gasteiger partial charge in [0.2, 0.25) is 0 Å². The molecule has 15 nitrogen and oxygen atoms in total. The Bertz CT molecular complexity index is 952. The molecule has 0 saturated heterocycles. The van der Waals surface area contributed by atoms with E-state index in [0.717, 1.165) is 0 Å². The third-order valence-electron chi connectivity index (χ3n) is 5.45. The van der Waals surface area contributed by atoms with Crippen molar-refractivity contribution in [2.75, 3.05) is 19.8 Å². The van der Waals surface area contributed by atoms with Crippen molar-refractivity contribution >= 4 is 17.9 Å². The van der Waals surface area contributed by atoms with Crippen molar-refractivity contribution in [2.24, 2.45) is 0 Å². The van der Waals surface area contributed by atoms with Crippen molar-refractivity contribution in [2.45, 2.75) is 78.0 Å². The second kappa shape index (κ2) is 13.1. The number of ether oxygens (including phenoxy) is 3. The molecule has 15 heteroatoms. The fraction of sp³-hybridized carbons (Fsp3) is 0.714. The summed E-state index contributed by atoms with van der Waals surface area (Å²) in [6.45, 7) is 8.34. The lowest BCUT2D eigenvalue weighted by molar-refractivity contribution is -0.146. The number of aromatic nitrogens is 3. The monoisotopic (exact) mass is 519 g/mol. The van der Waals surface area contributed by atoms with Crippen LogP contribution in [-0.4, -0.2) is 85.1 Å². The molecule has 3 N–H and O–H groups in total. The van der Waals surface area contributed by atoms with Gasteiger partial charge >= 0.3 is 35.0 Å². The zero-order valence-corrected chi connectivity index (χ0v) is 20.9. The average molecular weight is 520 g/mol. The molecule has 1 heterocycles. The van der Waals surface area contributed by atoms with E-state index >= 15 is 0 Å². The Hall–Kier alpha value is -3.30. The molecule has 0 aliphatic carbocycles. The lowest BCUT2D eigenvalue weighted by atomic mass is 10.1. The van der Waals surface area contributed by atoms with Gasteiger partial charge in [-0.3, -0.25) is 0 Å². The van der Waals surface area contributed by atoms with Crippen molar-refractivity contribution in [3.8, 4) is 0 Å². The summed E-state index contributed by atoms with van der Waals surface area (Å²) in [5.74, 6) is -5.12. The molecule has 6 unspecified atom stereocenters. The standard InChI is InChI=1S/C21H33N3O12/c1-7-34-10(4)13(16(25)26)22-19(31)23(14(17(27)28)11(5)35-8-2)21(33)24(20(22)32)15(18(29)30)12(6)36-9-3/h10-15H,7-9H2,1-6H3,(H,25,26)(H,27,28)(H,29,30). The van der Waals surface area contributed by atoms with Gasteiger partial charge in [-0.05, 0) is 41.5 Å². The maximum atomic E-state index is 13.5. The van der Waals surface area contributed by atoms with Crippen molar-refractivity contribution < 1.29 is 43.9 Å². The second-order valence-corrected chi connectivity index (χ2v) is 7.79. The Morgan fingerprint density at radius 1 is 0.583 bits per heavy atom. The summed E-state index contributed by atoms with van der Waals surface area (Å²) >= 11 is 0. The number of nitrogens with zero attached hydrogens (tertiary/aromatic N) is 3. The minimum absolute atomic E-state index is 0.00816. The van der Waals surface area contributed by atoms with Gasteiger partial charge in [0.25, 0.3) is 0 Å². The first kappa shape index (κ1) is 30.7. The van der Waals surface area contributed by atoms with E-state index in [4.69, 9.17) is 14.2 Å². The molecule has 0 saturated carbocycles. The van der Waals surface area contributed by atoms with Crippen LogP contribution in [0.5, 0.6) is 0 Å². The van der Waals surface area contributed by atoms with Crippen LogP contribution in [0.4, 0.5) is 0 Å². The molecule has 0 spiro atoms. The van der Waals surface area contributed by atoms with E-state index in [0.29, 0.717) is 0 Å². The molecule has 0 bridgehead atoms.